The molecule has 0 aliphatic heterocycles. The van der Waals surface area contributed by atoms with Crippen LogP contribution in [-0.4, -0.2) is 11.5 Å². The van der Waals surface area contributed by atoms with Gasteiger partial charge in [-0.3, -0.25) is 0 Å². The van der Waals surface area contributed by atoms with Crippen LogP contribution in [-0.2, 0) is 0 Å². The van der Waals surface area contributed by atoms with E-state index < -0.39 is 0 Å². The summed E-state index contributed by atoms with van der Waals surface area (Å²) < 4.78 is 0. The summed E-state index contributed by atoms with van der Waals surface area (Å²) in [6.07, 6.45) is 1.63. The quantitative estimate of drug-likeness (QED) is 0.861. The Bertz CT molecular complexity index is 517. The summed E-state index contributed by atoms with van der Waals surface area (Å²) in [5, 5.41) is 2.38. The number of thioether (sulfide) groups is 1. The van der Waals surface area contributed by atoms with Crippen LogP contribution in [0.15, 0.2) is 47.6 Å². The van der Waals surface area contributed by atoms with Gasteiger partial charge in [0.25, 0.3) is 0 Å². The molecule has 1 unspecified atom stereocenters. The van der Waals surface area contributed by atoms with Crippen molar-refractivity contribution in [3.8, 4) is 0 Å². The zero-order chi connectivity index (χ0) is 13.0. The summed E-state index contributed by atoms with van der Waals surface area (Å²) >= 11 is 13.4. The normalized spacial score (nSPS) is 12.4. The van der Waals surface area contributed by atoms with E-state index in [1.165, 1.54) is 0 Å². The molecule has 5 heteroatoms. The second-order valence-corrected chi connectivity index (χ2v) is 5.81. The number of pyridine rings is 1. The van der Waals surface area contributed by atoms with Gasteiger partial charge in [0.2, 0.25) is 0 Å². The van der Waals surface area contributed by atoms with E-state index in [1.807, 2.05) is 36.4 Å². The standard InChI is InChI=1S/C13H12Cl2N2S/c14-10-3-1-2-9(6-10)12(7-16)18-13-5-4-11(15)8-17-13/h1-6,8,12H,7,16H2. The van der Waals surface area contributed by atoms with Crippen molar-refractivity contribution in [3.05, 3.63) is 58.2 Å². The maximum absolute atomic E-state index is 5.99. The number of hydrogen-bond donors (Lipinski definition) is 1. The van der Waals surface area contributed by atoms with Crippen molar-refractivity contribution in [2.24, 2.45) is 5.73 Å². The Morgan fingerprint density at radius 3 is 2.61 bits per heavy atom. The van der Waals surface area contributed by atoms with Gasteiger partial charge in [-0.25, -0.2) is 4.98 Å². The molecule has 18 heavy (non-hydrogen) atoms. The monoisotopic (exact) mass is 298 g/mol. The van der Waals surface area contributed by atoms with E-state index in [0.717, 1.165) is 15.6 Å². The topological polar surface area (TPSA) is 38.9 Å². The Labute approximate surface area is 121 Å². The Hall–Kier alpha value is -0.740. The summed E-state index contributed by atoms with van der Waals surface area (Å²) in [4.78, 5) is 4.26. The highest BCUT2D eigenvalue weighted by Crippen LogP contribution is 2.34. The van der Waals surface area contributed by atoms with E-state index in [2.05, 4.69) is 4.98 Å². The minimum Gasteiger partial charge on any atom is -0.329 e. The SMILES string of the molecule is NCC(Sc1ccc(Cl)cn1)c1cccc(Cl)c1. The van der Waals surface area contributed by atoms with Crippen molar-refractivity contribution in [2.75, 3.05) is 6.54 Å². The zero-order valence-electron chi connectivity index (χ0n) is 9.51. The molecule has 0 fully saturated rings. The molecule has 94 valence electrons. The third-order valence-corrected chi connectivity index (χ3v) is 4.09. The molecule has 0 bridgehead atoms. The van der Waals surface area contributed by atoms with Gasteiger partial charge in [0.05, 0.1) is 10.0 Å². The van der Waals surface area contributed by atoms with Crippen molar-refractivity contribution < 1.29 is 0 Å². The van der Waals surface area contributed by atoms with Crippen LogP contribution in [0.4, 0.5) is 0 Å². The third-order valence-electron chi connectivity index (χ3n) is 2.40. The lowest BCUT2D eigenvalue weighted by molar-refractivity contribution is 0.935. The van der Waals surface area contributed by atoms with Gasteiger partial charge in [0.1, 0.15) is 0 Å². The van der Waals surface area contributed by atoms with Crippen molar-refractivity contribution >= 4 is 35.0 Å². The van der Waals surface area contributed by atoms with Gasteiger partial charge in [0.15, 0.2) is 0 Å². The molecule has 0 radical (unpaired) electrons. The van der Waals surface area contributed by atoms with E-state index in [4.69, 9.17) is 28.9 Å². The fraction of sp³-hybridized carbons (Fsp3) is 0.154. The lowest BCUT2D eigenvalue weighted by Crippen LogP contribution is -2.09. The molecule has 2 aromatic rings. The fourth-order valence-corrected chi connectivity index (χ4v) is 2.78. The second-order valence-electron chi connectivity index (χ2n) is 3.71. The summed E-state index contributed by atoms with van der Waals surface area (Å²) in [6, 6.07) is 11.4. The van der Waals surface area contributed by atoms with Crippen LogP contribution in [0.25, 0.3) is 0 Å². The molecule has 1 atom stereocenters. The average molecular weight is 299 g/mol. The first kappa shape index (κ1) is 13.7. The van der Waals surface area contributed by atoms with E-state index in [1.54, 1.807) is 18.0 Å². The van der Waals surface area contributed by atoms with Gasteiger partial charge < -0.3 is 5.73 Å². The first-order valence-corrected chi connectivity index (χ1v) is 7.06. The minimum absolute atomic E-state index is 0.136. The van der Waals surface area contributed by atoms with E-state index in [-0.39, 0.29) is 5.25 Å². The predicted molar refractivity (Wildman–Crippen MR) is 78.4 cm³/mol. The molecule has 0 saturated heterocycles. The van der Waals surface area contributed by atoms with Crippen LogP contribution in [0.2, 0.25) is 10.0 Å². The van der Waals surface area contributed by atoms with E-state index in [9.17, 15) is 0 Å². The molecule has 1 aromatic carbocycles. The van der Waals surface area contributed by atoms with Crippen LogP contribution in [0.5, 0.6) is 0 Å². The van der Waals surface area contributed by atoms with Crippen LogP contribution in [0.1, 0.15) is 10.8 Å². The van der Waals surface area contributed by atoms with Crippen LogP contribution in [0, 0.1) is 0 Å². The summed E-state index contributed by atoms with van der Waals surface area (Å²) in [7, 11) is 0. The third kappa shape index (κ3) is 3.62. The molecule has 0 saturated carbocycles. The van der Waals surface area contributed by atoms with Gasteiger partial charge in [0, 0.05) is 23.0 Å². The van der Waals surface area contributed by atoms with Crippen LogP contribution in [0.3, 0.4) is 0 Å². The second kappa shape index (κ2) is 6.43. The first-order chi connectivity index (χ1) is 8.69. The molecule has 2 nitrogen and oxygen atoms in total. The van der Waals surface area contributed by atoms with Crippen LogP contribution < -0.4 is 5.73 Å². The highest BCUT2D eigenvalue weighted by Gasteiger charge is 2.12. The average Bonchev–Trinajstić information content (AvgIpc) is 2.38. The maximum atomic E-state index is 5.99. The number of rotatable bonds is 4. The first-order valence-electron chi connectivity index (χ1n) is 5.43. The van der Waals surface area contributed by atoms with Gasteiger partial charge in [-0.15, -0.1) is 0 Å². The molecule has 2 N–H and O–H groups in total. The Kier molecular flexibility index (Phi) is 4.89. The number of aromatic nitrogens is 1. The number of benzene rings is 1. The molecule has 0 aliphatic carbocycles. The smallest absolute Gasteiger partial charge is 0.0967 e. The lowest BCUT2D eigenvalue weighted by atomic mass is 10.1. The Morgan fingerprint density at radius 1 is 1.17 bits per heavy atom. The highest BCUT2D eigenvalue weighted by atomic mass is 35.5. The highest BCUT2D eigenvalue weighted by molar-refractivity contribution is 7.99. The van der Waals surface area contributed by atoms with Gasteiger partial charge in [-0.2, -0.15) is 0 Å². The maximum Gasteiger partial charge on any atom is 0.0967 e. The van der Waals surface area contributed by atoms with Crippen molar-refractivity contribution in [1.29, 1.82) is 0 Å². The van der Waals surface area contributed by atoms with Crippen molar-refractivity contribution in [1.82, 2.24) is 4.98 Å². The van der Waals surface area contributed by atoms with Crippen molar-refractivity contribution in [2.45, 2.75) is 10.3 Å². The molecule has 0 spiro atoms. The van der Waals surface area contributed by atoms with Gasteiger partial charge >= 0.3 is 0 Å². The molecule has 1 heterocycles. The molecular formula is C13H12Cl2N2S. The largest absolute Gasteiger partial charge is 0.329 e. The molecule has 2 rings (SSSR count). The number of nitrogens with zero attached hydrogens (tertiary/aromatic N) is 1. The Balaban J connectivity index is 2.17. The fourth-order valence-electron chi connectivity index (χ4n) is 1.54. The predicted octanol–water partition coefficient (Wildman–Crippen LogP) is 4.18. The zero-order valence-corrected chi connectivity index (χ0v) is 11.8. The molecule has 0 aliphatic rings. The molecule has 0 amide bonds. The Morgan fingerprint density at radius 2 is 2.00 bits per heavy atom. The van der Waals surface area contributed by atoms with Gasteiger partial charge in [-0.05, 0) is 29.8 Å². The van der Waals surface area contributed by atoms with Crippen molar-refractivity contribution in [3.63, 3.8) is 0 Å². The number of halogens is 2. The van der Waals surface area contributed by atoms with Crippen LogP contribution >= 0.6 is 35.0 Å². The summed E-state index contributed by atoms with van der Waals surface area (Å²) in [5.41, 5.74) is 6.92. The molecule has 1 aromatic heterocycles. The number of nitrogens with two attached hydrogens (primary N) is 1. The molecular weight excluding hydrogens is 287 g/mol. The minimum atomic E-state index is 0.136. The van der Waals surface area contributed by atoms with E-state index in [0.29, 0.717) is 11.6 Å². The summed E-state index contributed by atoms with van der Waals surface area (Å²) in [6.45, 7) is 0.523. The lowest BCUT2D eigenvalue weighted by Gasteiger charge is -2.14. The summed E-state index contributed by atoms with van der Waals surface area (Å²) in [5.74, 6) is 0. The van der Waals surface area contributed by atoms with Gasteiger partial charge in [-0.1, -0.05) is 47.1 Å². The van der Waals surface area contributed by atoms with E-state index >= 15 is 0 Å². The number of hydrogen-bond acceptors (Lipinski definition) is 3.